The lowest BCUT2D eigenvalue weighted by Crippen LogP contribution is -2.10. The highest BCUT2D eigenvalue weighted by Gasteiger charge is 2.19. The molecule has 0 atom stereocenters. The summed E-state index contributed by atoms with van der Waals surface area (Å²) in [7, 11) is 0. The molecule has 0 bridgehead atoms. The highest BCUT2D eigenvalue weighted by Crippen LogP contribution is 2.37. The average Bonchev–Trinajstić information content (AvgIpc) is 3.45. The van der Waals surface area contributed by atoms with Crippen LogP contribution >= 0.6 is 23.1 Å². The average molecular weight is 442 g/mol. The third-order valence-corrected chi connectivity index (χ3v) is 7.18. The second-order valence-electron chi connectivity index (χ2n) is 7.38. The van der Waals surface area contributed by atoms with Crippen molar-refractivity contribution in [2.75, 3.05) is 11.1 Å². The van der Waals surface area contributed by atoms with Crippen molar-refractivity contribution < 1.29 is 9.59 Å². The number of rotatable bonds is 6. The number of nitrogens with one attached hydrogen (secondary N) is 1. The van der Waals surface area contributed by atoms with Gasteiger partial charge in [0.05, 0.1) is 10.6 Å². The van der Waals surface area contributed by atoms with Crippen molar-refractivity contribution >= 4 is 40.5 Å². The molecule has 4 aromatic rings. The maximum atomic E-state index is 12.8. The quantitative estimate of drug-likeness (QED) is 0.240. The lowest BCUT2D eigenvalue weighted by molar-refractivity contribution is 0.101. The molecule has 1 aromatic heterocycles. The monoisotopic (exact) mass is 441 g/mol. The molecule has 1 amide bonds. The van der Waals surface area contributed by atoms with E-state index in [1.54, 1.807) is 6.07 Å². The normalized spacial score (nSPS) is 11.6. The van der Waals surface area contributed by atoms with Crippen LogP contribution in [0.4, 0.5) is 5.69 Å². The van der Waals surface area contributed by atoms with Gasteiger partial charge in [-0.2, -0.15) is 0 Å². The maximum absolute atomic E-state index is 12.8. The molecule has 1 N–H and O–H groups in total. The number of ketones is 1. The van der Waals surface area contributed by atoms with E-state index < -0.39 is 0 Å². The number of anilines is 1. The van der Waals surface area contributed by atoms with E-state index >= 15 is 0 Å². The van der Waals surface area contributed by atoms with Crippen molar-refractivity contribution in [3.8, 4) is 11.1 Å². The predicted molar refractivity (Wildman–Crippen MR) is 128 cm³/mol. The summed E-state index contributed by atoms with van der Waals surface area (Å²) < 4.78 is 0. The fraction of sp³-hybridized carbons (Fsp3) is 0.0769. The topological polar surface area (TPSA) is 46.2 Å². The van der Waals surface area contributed by atoms with Crippen molar-refractivity contribution in [2.45, 2.75) is 11.3 Å². The van der Waals surface area contributed by atoms with Crippen LogP contribution in [0, 0.1) is 0 Å². The van der Waals surface area contributed by atoms with Crippen LogP contribution in [0.15, 0.2) is 89.1 Å². The van der Waals surface area contributed by atoms with Gasteiger partial charge in [-0.05, 0) is 64.4 Å². The van der Waals surface area contributed by atoms with Gasteiger partial charge in [0.25, 0.3) is 5.91 Å². The smallest absolute Gasteiger partial charge is 0.265 e. The van der Waals surface area contributed by atoms with Gasteiger partial charge in [-0.25, -0.2) is 0 Å². The molecule has 0 saturated heterocycles. The molecule has 0 unspecified atom stereocenters. The van der Waals surface area contributed by atoms with Crippen molar-refractivity contribution in [2.24, 2.45) is 0 Å². The minimum absolute atomic E-state index is 0.108. The van der Waals surface area contributed by atoms with E-state index in [2.05, 4.69) is 35.6 Å². The summed E-state index contributed by atoms with van der Waals surface area (Å²) in [5, 5.41) is 4.79. The Bertz CT molecular complexity index is 1280. The number of benzene rings is 3. The Balaban J connectivity index is 1.24. The van der Waals surface area contributed by atoms with E-state index in [1.807, 2.05) is 47.8 Å². The van der Waals surface area contributed by atoms with Crippen LogP contribution in [-0.4, -0.2) is 17.4 Å². The van der Waals surface area contributed by atoms with E-state index in [1.165, 1.54) is 45.4 Å². The molecule has 3 nitrogen and oxygen atoms in total. The molecule has 31 heavy (non-hydrogen) atoms. The van der Waals surface area contributed by atoms with Crippen molar-refractivity contribution in [3.05, 3.63) is 106 Å². The van der Waals surface area contributed by atoms with E-state index in [0.29, 0.717) is 10.6 Å². The molecule has 1 heterocycles. The van der Waals surface area contributed by atoms with Gasteiger partial charge in [0.1, 0.15) is 0 Å². The lowest BCUT2D eigenvalue weighted by Gasteiger charge is -2.07. The van der Waals surface area contributed by atoms with Crippen LogP contribution < -0.4 is 5.32 Å². The first-order valence-electron chi connectivity index (χ1n) is 9.99. The molecule has 0 aliphatic heterocycles. The second kappa shape index (κ2) is 8.53. The summed E-state index contributed by atoms with van der Waals surface area (Å²) in [5.41, 5.74) is 6.52. The molecule has 0 spiro atoms. The van der Waals surface area contributed by atoms with Crippen molar-refractivity contribution in [3.63, 3.8) is 0 Å². The van der Waals surface area contributed by atoms with E-state index in [0.717, 1.165) is 22.6 Å². The first-order valence-corrected chi connectivity index (χ1v) is 11.9. The molecule has 152 valence electrons. The summed E-state index contributed by atoms with van der Waals surface area (Å²) in [6, 6.07) is 25.7. The Hall–Kier alpha value is -3.15. The number of carbonyl (C=O) groups is 2. The number of thioether (sulfide) groups is 1. The number of hydrogen-bond donors (Lipinski definition) is 1. The predicted octanol–water partition coefficient (Wildman–Crippen LogP) is 6.55. The number of hydrogen-bond acceptors (Lipinski definition) is 4. The molecule has 1 aliphatic rings. The van der Waals surface area contributed by atoms with Gasteiger partial charge >= 0.3 is 0 Å². The number of fused-ring (bicyclic) bond motifs is 3. The number of thiophene rings is 1. The van der Waals surface area contributed by atoms with Crippen LogP contribution in [0.2, 0.25) is 0 Å². The fourth-order valence-corrected chi connectivity index (χ4v) is 5.28. The Labute approximate surface area is 189 Å². The number of carbonyl (C=O) groups excluding carboxylic acids is 2. The first-order chi connectivity index (χ1) is 15.2. The van der Waals surface area contributed by atoms with Crippen LogP contribution in [0.25, 0.3) is 11.1 Å². The third-order valence-electron chi connectivity index (χ3n) is 5.32. The Morgan fingerprint density at radius 1 is 0.871 bits per heavy atom. The number of Topliss-reactive ketones (excluding diaryl/α,β-unsaturated/α-hetero) is 1. The van der Waals surface area contributed by atoms with Gasteiger partial charge in [-0.3, -0.25) is 9.59 Å². The van der Waals surface area contributed by atoms with Gasteiger partial charge in [0.2, 0.25) is 0 Å². The van der Waals surface area contributed by atoms with Crippen LogP contribution in [0.3, 0.4) is 0 Å². The summed E-state index contributed by atoms with van der Waals surface area (Å²) in [6.45, 7) is 0. The van der Waals surface area contributed by atoms with Crippen LogP contribution in [0.5, 0.6) is 0 Å². The lowest BCUT2D eigenvalue weighted by atomic mass is 10.0. The molecule has 0 saturated carbocycles. The van der Waals surface area contributed by atoms with Gasteiger partial charge in [-0.15, -0.1) is 23.1 Å². The zero-order valence-corrected chi connectivity index (χ0v) is 18.3. The SMILES string of the molecule is O=C(CSc1cccc(NC(=O)c2cccs2)c1)c1ccc2c(c1)Cc1ccccc1-2. The summed E-state index contributed by atoms with van der Waals surface area (Å²) >= 11 is 2.89. The molecule has 0 fully saturated rings. The highest BCUT2D eigenvalue weighted by molar-refractivity contribution is 8.00. The highest BCUT2D eigenvalue weighted by atomic mass is 32.2. The Kier molecular flexibility index (Phi) is 5.45. The van der Waals surface area contributed by atoms with Gasteiger partial charge in [0.15, 0.2) is 5.78 Å². The molecule has 3 aromatic carbocycles. The molecule has 5 heteroatoms. The van der Waals surface area contributed by atoms with Crippen LogP contribution in [-0.2, 0) is 6.42 Å². The van der Waals surface area contributed by atoms with E-state index in [9.17, 15) is 9.59 Å². The van der Waals surface area contributed by atoms with Gasteiger partial charge in [-0.1, -0.05) is 48.5 Å². The second-order valence-corrected chi connectivity index (χ2v) is 9.37. The van der Waals surface area contributed by atoms with Gasteiger partial charge in [0, 0.05) is 16.1 Å². The van der Waals surface area contributed by atoms with E-state index in [-0.39, 0.29) is 11.7 Å². The fourth-order valence-electron chi connectivity index (χ4n) is 3.81. The molecule has 0 radical (unpaired) electrons. The van der Waals surface area contributed by atoms with Crippen LogP contribution in [0.1, 0.15) is 31.2 Å². The maximum Gasteiger partial charge on any atom is 0.265 e. The molecule has 5 rings (SSSR count). The Morgan fingerprint density at radius 3 is 2.61 bits per heavy atom. The van der Waals surface area contributed by atoms with Crippen molar-refractivity contribution in [1.29, 1.82) is 0 Å². The minimum atomic E-state index is -0.118. The first kappa shape index (κ1) is 19.8. The molecule has 1 aliphatic carbocycles. The molecular formula is C26H19NO2S2. The van der Waals surface area contributed by atoms with Crippen molar-refractivity contribution in [1.82, 2.24) is 0 Å². The third kappa shape index (κ3) is 4.20. The largest absolute Gasteiger partial charge is 0.321 e. The van der Waals surface area contributed by atoms with Gasteiger partial charge < -0.3 is 5.32 Å². The number of amides is 1. The van der Waals surface area contributed by atoms with E-state index in [4.69, 9.17) is 0 Å². The summed E-state index contributed by atoms with van der Waals surface area (Å²) in [4.78, 5) is 26.7. The zero-order valence-electron chi connectivity index (χ0n) is 16.6. The zero-order chi connectivity index (χ0) is 21.2. The summed E-state index contributed by atoms with van der Waals surface area (Å²) in [5.74, 6) is 0.345. The molecular weight excluding hydrogens is 422 g/mol. The Morgan fingerprint density at radius 2 is 1.74 bits per heavy atom. The standard InChI is InChI=1S/C26H19NO2S2/c28-24(18-10-11-23-19(14-18)13-17-5-1-2-8-22(17)23)16-31-21-7-3-6-20(15-21)27-26(29)25-9-4-12-30-25/h1-12,14-15H,13,16H2,(H,27,29). The summed E-state index contributed by atoms with van der Waals surface area (Å²) in [6.07, 6.45) is 0.881. The minimum Gasteiger partial charge on any atom is -0.321 e.